The number of aryl methyl sites for hydroxylation is 2. The molecule has 0 radical (unpaired) electrons. The van der Waals surface area contributed by atoms with Gasteiger partial charge in [-0.1, -0.05) is 41.4 Å². The Hall–Kier alpha value is -4.41. The topological polar surface area (TPSA) is 113 Å². The van der Waals surface area contributed by atoms with Gasteiger partial charge in [-0.3, -0.25) is 4.79 Å². The highest BCUT2D eigenvalue weighted by molar-refractivity contribution is 6.31. The minimum Gasteiger partial charge on any atom is -0.370 e. The van der Waals surface area contributed by atoms with E-state index in [1.54, 1.807) is 0 Å². The van der Waals surface area contributed by atoms with Crippen molar-refractivity contribution in [3.63, 3.8) is 0 Å². The van der Waals surface area contributed by atoms with Crippen molar-refractivity contribution in [3.8, 4) is 12.1 Å². The second-order valence-electron chi connectivity index (χ2n) is 12.0. The minimum atomic E-state index is -0.650. The molecule has 1 amide bonds. The summed E-state index contributed by atoms with van der Waals surface area (Å²) in [6.07, 6.45) is 3.34. The van der Waals surface area contributed by atoms with Gasteiger partial charge in [0, 0.05) is 41.7 Å². The van der Waals surface area contributed by atoms with Crippen molar-refractivity contribution in [2.45, 2.75) is 76.3 Å². The number of imidazole rings is 2. The molecule has 1 saturated carbocycles. The number of rotatable bonds is 11. The molecule has 5 aromatic rings. The van der Waals surface area contributed by atoms with Crippen LogP contribution in [0.2, 0.25) is 10.0 Å². The molecule has 3 aromatic carbocycles. The van der Waals surface area contributed by atoms with Crippen LogP contribution < -0.4 is 4.90 Å². The number of hydrogen-bond acceptors (Lipinski definition) is 6. The molecule has 0 bridgehead atoms. The molecule has 2 aliphatic rings. The summed E-state index contributed by atoms with van der Waals surface area (Å²) < 4.78 is 10.6. The maximum absolute atomic E-state index is 14.3. The zero-order valence-electron chi connectivity index (χ0n) is 25.1. The van der Waals surface area contributed by atoms with E-state index in [0.717, 1.165) is 45.0 Å². The Morgan fingerprint density at radius 3 is 2.07 bits per heavy atom. The number of nitriles is 2. The molecule has 46 heavy (non-hydrogen) atoms. The third kappa shape index (κ3) is 5.29. The van der Waals surface area contributed by atoms with Crippen LogP contribution in [0.5, 0.6) is 0 Å². The van der Waals surface area contributed by atoms with Gasteiger partial charge in [0.1, 0.15) is 18.3 Å². The Morgan fingerprint density at radius 2 is 1.43 bits per heavy atom. The quantitative estimate of drug-likeness (QED) is 0.137. The predicted octanol–water partition coefficient (Wildman–Crippen LogP) is 7.46. The number of aromatic nitrogens is 4. The van der Waals surface area contributed by atoms with Crippen molar-refractivity contribution in [2.75, 3.05) is 4.90 Å². The fraction of sp³-hybridized carbons (Fsp3) is 0.343. The van der Waals surface area contributed by atoms with Crippen LogP contribution in [-0.4, -0.2) is 31.1 Å². The molecule has 1 aliphatic heterocycles. The Bertz CT molecular complexity index is 2050. The summed E-state index contributed by atoms with van der Waals surface area (Å²) in [5.74, 6) is 1.60. The molecular weight excluding hydrogens is 621 g/mol. The van der Waals surface area contributed by atoms with E-state index >= 15 is 0 Å². The Kier molecular flexibility index (Phi) is 8.16. The van der Waals surface area contributed by atoms with E-state index in [4.69, 9.17) is 48.4 Å². The van der Waals surface area contributed by atoms with Gasteiger partial charge in [0.05, 0.1) is 52.3 Å². The number of carbonyl (C=O) groups is 1. The SMILES string of the molecule is N#CCCCn1c(CO[C@H]2C[C@@]3(C2)C(=O)N(Cc2nc4cc(Cl)ccc4n2CCCC#N)c2ccccc23)nc2cc(Cl)ccc21. The number of amides is 1. The molecule has 0 N–H and O–H groups in total. The highest BCUT2D eigenvalue weighted by Gasteiger charge is 2.59. The molecule has 0 unspecified atom stereocenters. The Balaban J connectivity index is 1.11. The van der Waals surface area contributed by atoms with Crippen LogP contribution >= 0.6 is 23.2 Å². The van der Waals surface area contributed by atoms with Crippen LogP contribution in [0.25, 0.3) is 22.1 Å². The first kappa shape index (κ1) is 30.3. The van der Waals surface area contributed by atoms with Gasteiger partial charge in [-0.05, 0) is 73.7 Å². The number of hydrogen-bond donors (Lipinski definition) is 0. The van der Waals surface area contributed by atoms with Gasteiger partial charge in [0.15, 0.2) is 0 Å². The molecule has 0 saturated heterocycles. The summed E-state index contributed by atoms with van der Waals surface area (Å²) in [4.78, 5) is 25.8. The van der Waals surface area contributed by atoms with E-state index in [-0.39, 0.29) is 12.0 Å². The van der Waals surface area contributed by atoms with Crippen molar-refractivity contribution in [2.24, 2.45) is 0 Å². The first-order valence-corrected chi connectivity index (χ1v) is 16.2. The molecule has 2 aromatic heterocycles. The molecule has 232 valence electrons. The summed E-state index contributed by atoms with van der Waals surface area (Å²) in [7, 11) is 0. The number of unbranched alkanes of at least 4 members (excludes halogenated alkanes) is 2. The summed E-state index contributed by atoms with van der Waals surface area (Å²) >= 11 is 12.5. The lowest BCUT2D eigenvalue weighted by molar-refractivity contribution is -0.135. The Labute approximate surface area is 276 Å². The zero-order valence-corrected chi connectivity index (χ0v) is 26.6. The summed E-state index contributed by atoms with van der Waals surface area (Å²) in [5, 5.41) is 19.4. The number of benzene rings is 3. The highest BCUT2D eigenvalue weighted by Crippen LogP contribution is 2.54. The van der Waals surface area contributed by atoms with Gasteiger partial charge in [0.2, 0.25) is 5.91 Å². The van der Waals surface area contributed by atoms with E-state index in [1.165, 1.54) is 0 Å². The van der Waals surface area contributed by atoms with E-state index in [2.05, 4.69) is 27.3 Å². The number of anilines is 1. The molecule has 9 nitrogen and oxygen atoms in total. The van der Waals surface area contributed by atoms with Crippen LogP contribution in [0.1, 0.15) is 55.7 Å². The second-order valence-corrected chi connectivity index (χ2v) is 12.9. The van der Waals surface area contributed by atoms with Crippen LogP contribution in [0.4, 0.5) is 5.69 Å². The van der Waals surface area contributed by atoms with Crippen LogP contribution in [0.15, 0.2) is 60.7 Å². The summed E-state index contributed by atoms with van der Waals surface area (Å²) in [5.41, 5.74) is 4.73. The first-order chi connectivity index (χ1) is 22.4. The zero-order chi connectivity index (χ0) is 31.8. The molecular formula is C35H31Cl2N7O2. The maximum Gasteiger partial charge on any atom is 0.238 e. The van der Waals surface area contributed by atoms with E-state index in [9.17, 15) is 4.79 Å². The number of para-hydroxylation sites is 1. The first-order valence-electron chi connectivity index (χ1n) is 15.5. The lowest BCUT2D eigenvalue weighted by Gasteiger charge is -2.43. The second kappa shape index (κ2) is 12.4. The van der Waals surface area contributed by atoms with Crippen molar-refractivity contribution in [1.82, 2.24) is 19.1 Å². The summed E-state index contributed by atoms with van der Waals surface area (Å²) in [6.45, 7) is 1.90. The number of fused-ring (bicyclic) bond motifs is 4. The molecule has 1 fully saturated rings. The molecule has 1 spiro atoms. The van der Waals surface area contributed by atoms with Crippen molar-refractivity contribution in [1.29, 1.82) is 10.5 Å². The van der Waals surface area contributed by atoms with Gasteiger partial charge in [-0.25, -0.2) is 9.97 Å². The lowest BCUT2D eigenvalue weighted by atomic mass is 9.63. The van der Waals surface area contributed by atoms with Crippen LogP contribution in [-0.2, 0) is 41.2 Å². The normalized spacial score (nSPS) is 18.7. The maximum atomic E-state index is 14.3. The fourth-order valence-electron chi connectivity index (χ4n) is 6.99. The van der Waals surface area contributed by atoms with E-state index in [1.807, 2.05) is 59.5 Å². The van der Waals surface area contributed by atoms with E-state index in [0.29, 0.717) is 74.8 Å². The van der Waals surface area contributed by atoms with Crippen molar-refractivity contribution >= 4 is 56.9 Å². The third-order valence-corrected chi connectivity index (χ3v) is 9.65. The van der Waals surface area contributed by atoms with Gasteiger partial charge in [-0.2, -0.15) is 10.5 Å². The van der Waals surface area contributed by atoms with Gasteiger partial charge in [0.25, 0.3) is 0 Å². The van der Waals surface area contributed by atoms with Gasteiger partial charge < -0.3 is 18.8 Å². The highest BCUT2D eigenvalue weighted by atomic mass is 35.5. The lowest BCUT2D eigenvalue weighted by Crippen LogP contribution is -2.52. The average Bonchev–Trinajstić information content (AvgIpc) is 3.63. The number of nitrogens with zero attached hydrogens (tertiary/aromatic N) is 7. The van der Waals surface area contributed by atoms with Gasteiger partial charge in [-0.15, -0.1) is 0 Å². The minimum absolute atomic E-state index is 0.0561. The predicted molar refractivity (Wildman–Crippen MR) is 176 cm³/mol. The monoisotopic (exact) mass is 651 g/mol. The van der Waals surface area contributed by atoms with Gasteiger partial charge >= 0.3 is 0 Å². The van der Waals surface area contributed by atoms with Crippen molar-refractivity contribution < 1.29 is 9.53 Å². The number of halogens is 2. The molecule has 11 heteroatoms. The average molecular weight is 653 g/mol. The van der Waals surface area contributed by atoms with Crippen LogP contribution in [0.3, 0.4) is 0 Å². The largest absolute Gasteiger partial charge is 0.370 e. The molecule has 0 atom stereocenters. The van der Waals surface area contributed by atoms with E-state index < -0.39 is 5.41 Å². The fourth-order valence-corrected chi connectivity index (χ4v) is 7.32. The third-order valence-electron chi connectivity index (χ3n) is 9.18. The Morgan fingerprint density at radius 1 is 0.848 bits per heavy atom. The standard InChI is InChI=1S/C35H31Cl2N7O2/c36-23-9-11-30-27(17-23)40-32(42(30)15-5-3-13-38)21-44-29-8-2-1-7-26(29)35(34(44)45)19-25(20-35)46-22-33-41-28-18-24(37)10-12-31(28)43(33)16-6-4-14-39/h1-2,7-12,17-18,25H,3-6,15-16,19-22H2/t25-,35-. The smallest absolute Gasteiger partial charge is 0.238 e. The number of carbonyl (C=O) groups excluding carboxylic acids is 1. The van der Waals surface area contributed by atoms with Crippen LogP contribution in [0, 0.1) is 22.7 Å². The molecule has 1 aliphatic carbocycles. The number of ether oxygens (including phenoxy) is 1. The summed E-state index contributed by atoms with van der Waals surface area (Å²) in [6, 6.07) is 23.7. The molecule has 3 heterocycles. The molecule has 7 rings (SSSR count). The van der Waals surface area contributed by atoms with Crippen molar-refractivity contribution in [3.05, 3.63) is 87.9 Å².